The van der Waals surface area contributed by atoms with E-state index < -0.39 is 5.97 Å². The van der Waals surface area contributed by atoms with Crippen molar-refractivity contribution in [3.63, 3.8) is 0 Å². The van der Waals surface area contributed by atoms with Crippen LogP contribution < -0.4 is 5.32 Å². The zero-order valence-electron chi connectivity index (χ0n) is 14.3. The van der Waals surface area contributed by atoms with Gasteiger partial charge in [-0.1, -0.05) is 36.4 Å². The average Bonchev–Trinajstić information content (AvgIpc) is 2.66. The van der Waals surface area contributed by atoms with Crippen LogP contribution in [-0.2, 0) is 20.7 Å². The summed E-state index contributed by atoms with van der Waals surface area (Å²) in [4.78, 5) is 23.8. The first kappa shape index (κ1) is 17.9. The Morgan fingerprint density at radius 2 is 1.92 bits per heavy atom. The summed E-state index contributed by atoms with van der Waals surface area (Å²) in [7, 11) is 0. The molecule has 5 heteroatoms. The van der Waals surface area contributed by atoms with E-state index in [1.807, 2.05) is 18.2 Å². The summed E-state index contributed by atoms with van der Waals surface area (Å²) >= 11 is 0. The summed E-state index contributed by atoms with van der Waals surface area (Å²) in [5.41, 5.74) is 3.06. The average molecular weight is 353 g/mol. The number of esters is 1. The molecule has 26 heavy (non-hydrogen) atoms. The molecule has 1 N–H and O–H groups in total. The van der Waals surface area contributed by atoms with Crippen LogP contribution in [0.25, 0.3) is 6.08 Å². The fraction of sp³-hybridized carbons (Fsp3) is 0.238. The van der Waals surface area contributed by atoms with E-state index in [-0.39, 0.29) is 24.4 Å². The Morgan fingerprint density at radius 3 is 2.73 bits per heavy atom. The molecule has 0 saturated carbocycles. The van der Waals surface area contributed by atoms with Crippen molar-refractivity contribution in [2.75, 3.05) is 6.61 Å². The molecule has 0 spiro atoms. The molecule has 0 aliphatic heterocycles. The molecule has 0 unspecified atom stereocenters. The van der Waals surface area contributed by atoms with E-state index in [0.29, 0.717) is 5.56 Å². The Bertz CT molecular complexity index is 814. The highest BCUT2D eigenvalue weighted by Gasteiger charge is 2.21. The van der Waals surface area contributed by atoms with Crippen molar-refractivity contribution >= 4 is 18.0 Å². The Labute approximate surface area is 151 Å². The third kappa shape index (κ3) is 4.79. The van der Waals surface area contributed by atoms with Crippen molar-refractivity contribution < 1.29 is 18.7 Å². The largest absolute Gasteiger partial charge is 0.452 e. The first-order valence-corrected chi connectivity index (χ1v) is 8.59. The van der Waals surface area contributed by atoms with Gasteiger partial charge in [-0.25, -0.2) is 9.18 Å². The van der Waals surface area contributed by atoms with E-state index >= 15 is 0 Å². The monoisotopic (exact) mass is 353 g/mol. The maximum absolute atomic E-state index is 12.8. The molecule has 4 nitrogen and oxygen atoms in total. The van der Waals surface area contributed by atoms with Gasteiger partial charge in [0.2, 0.25) is 0 Å². The van der Waals surface area contributed by atoms with Crippen LogP contribution in [0.1, 0.15) is 35.6 Å². The zero-order chi connectivity index (χ0) is 18.4. The fourth-order valence-electron chi connectivity index (χ4n) is 3.06. The van der Waals surface area contributed by atoms with E-state index in [1.165, 1.54) is 29.8 Å². The molecule has 1 aliphatic carbocycles. The lowest BCUT2D eigenvalue weighted by Gasteiger charge is -2.26. The third-order valence-electron chi connectivity index (χ3n) is 4.33. The molecule has 3 rings (SSSR count). The summed E-state index contributed by atoms with van der Waals surface area (Å²) in [6, 6.07) is 13.7. The molecule has 0 heterocycles. The molecule has 2 aromatic carbocycles. The Hall–Kier alpha value is -2.95. The first-order chi connectivity index (χ1) is 12.6. The molecular weight excluding hydrogens is 333 g/mol. The van der Waals surface area contributed by atoms with Gasteiger partial charge in [0.15, 0.2) is 6.61 Å². The number of hydrogen-bond donors (Lipinski definition) is 1. The highest BCUT2D eigenvalue weighted by molar-refractivity contribution is 5.89. The summed E-state index contributed by atoms with van der Waals surface area (Å²) in [5.74, 6) is -1.28. The molecule has 1 aliphatic rings. The van der Waals surface area contributed by atoms with Gasteiger partial charge in [0.05, 0.1) is 6.04 Å². The highest BCUT2D eigenvalue weighted by Crippen LogP contribution is 2.29. The van der Waals surface area contributed by atoms with Gasteiger partial charge in [0.25, 0.3) is 5.91 Å². The maximum atomic E-state index is 12.8. The van der Waals surface area contributed by atoms with Gasteiger partial charge in [-0.2, -0.15) is 0 Å². The molecule has 2 aromatic rings. The van der Waals surface area contributed by atoms with Gasteiger partial charge < -0.3 is 10.1 Å². The Morgan fingerprint density at radius 1 is 1.15 bits per heavy atom. The summed E-state index contributed by atoms with van der Waals surface area (Å²) in [6.07, 6.45) is 5.64. The van der Waals surface area contributed by atoms with Crippen LogP contribution in [0, 0.1) is 5.82 Å². The molecule has 0 aromatic heterocycles. The fourth-order valence-corrected chi connectivity index (χ4v) is 3.06. The predicted octanol–water partition coefficient (Wildman–Crippen LogP) is 3.58. The molecular formula is C21H20FNO3. The number of aryl methyl sites for hydroxylation is 1. The second kappa shape index (κ2) is 8.43. The number of nitrogens with one attached hydrogen (secondary N) is 1. The molecule has 0 radical (unpaired) electrons. The zero-order valence-corrected chi connectivity index (χ0v) is 14.3. The minimum Gasteiger partial charge on any atom is -0.452 e. The van der Waals surface area contributed by atoms with Crippen molar-refractivity contribution in [2.45, 2.75) is 25.3 Å². The van der Waals surface area contributed by atoms with Crippen molar-refractivity contribution in [2.24, 2.45) is 0 Å². The number of hydrogen-bond acceptors (Lipinski definition) is 3. The quantitative estimate of drug-likeness (QED) is 0.660. The number of amides is 1. The molecule has 134 valence electrons. The molecule has 1 amide bonds. The van der Waals surface area contributed by atoms with Crippen LogP contribution in [0.2, 0.25) is 0 Å². The first-order valence-electron chi connectivity index (χ1n) is 8.59. The van der Waals surface area contributed by atoms with Crippen LogP contribution in [0.5, 0.6) is 0 Å². The topological polar surface area (TPSA) is 55.4 Å². The third-order valence-corrected chi connectivity index (χ3v) is 4.33. The van der Waals surface area contributed by atoms with Crippen LogP contribution in [0.3, 0.4) is 0 Å². The second-order valence-electron chi connectivity index (χ2n) is 6.20. The predicted molar refractivity (Wildman–Crippen MR) is 96.7 cm³/mol. The number of halogens is 1. The van der Waals surface area contributed by atoms with E-state index in [2.05, 4.69) is 11.4 Å². The number of rotatable bonds is 5. The number of ether oxygens (including phenoxy) is 1. The molecule has 0 saturated heterocycles. The van der Waals surface area contributed by atoms with Gasteiger partial charge in [-0.3, -0.25) is 4.79 Å². The second-order valence-corrected chi connectivity index (χ2v) is 6.20. The van der Waals surface area contributed by atoms with Crippen molar-refractivity contribution in [1.29, 1.82) is 0 Å². The number of carbonyl (C=O) groups is 2. The molecule has 1 atom stereocenters. The Kier molecular flexibility index (Phi) is 5.79. The summed E-state index contributed by atoms with van der Waals surface area (Å²) in [6.45, 7) is -0.328. The normalized spacial score (nSPS) is 16.1. The van der Waals surface area contributed by atoms with Crippen LogP contribution >= 0.6 is 0 Å². The van der Waals surface area contributed by atoms with Crippen LogP contribution in [-0.4, -0.2) is 18.5 Å². The van der Waals surface area contributed by atoms with Gasteiger partial charge in [-0.15, -0.1) is 0 Å². The van der Waals surface area contributed by atoms with Gasteiger partial charge in [0, 0.05) is 6.08 Å². The van der Waals surface area contributed by atoms with Crippen LogP contribution in [0.4, 0.5) is 4.39 Å². The Balaban J connectivity index is 1.48. The van der Waals surface area contributed by atoms with Gasteiger partial charge in [-0.05, 0) is 54.2 Å². The van der Waals surface area contributed by atoms with Crippen molar-refractivity contribution in [3.8, 4) is 0 Å². The van der Waals surface area contributed by atoms with E-state index in [4.69, 9.17) is 4.74 Å². The van der Waals surface area contributed by atoms with Crippen molar-refractivity contribution in [1.82, 2.24) is 5.32 Å². The van der Waals surface area contributed by atoms with Gasteiger partial charge >= 0.3 is 5.97 Å². The highest BCUT2D eigenvalue weighted by atomic mass is 19.1. The van der Waals surface area contributed by atoms with E-state index in [1.54, 1.807) is 12.1 Å². The van der Waals surface area contributed by atoms with E-state index in [0.717, 1.165) is 24.8 Å². The standard InChI is InChI=1S/C21H20FNO3/c22-17-11-8-15(9-12-17)10-13-21(25)26-14-20(24)23-19-7-3-5-16-4-1-2-6-18(16)19/h1-2,4,6,8-13,19H,3,5,7,14H2,(H,23,24)/b13-10+/t19-/m1/s1. The number of benzene rings is 2. The van der Waals surface area contributed by atoms with Gasteiger partial charge in [0.1, 0.15) is 5.82 Å². The minimum absolute atomic E-state index is 0.0408. The van der Waals surface area contributed by atoms with Crippen molar-refractivity contribution in [3.05, 3.63) is 77.1 Å². The lowest BCUT2D eigenvalue weighted by molar-refractivity contribution is -0.144. The molecule has 0 bridgehead atoms. The summed E-state index contributed by atoms with van der Waals surface area (Å²) < 4.78 is 17.8. The maximum Gasteiger partial charge on any atom is 0.331 e. The van der Waals surface area contributed by atoms with Crippen LogP contribution in [0.15, 0.2) is 54.6 Å². The lowest BCUT2D eigenvalue weighted by atomic mass is 9.88. The number of carbonyl (C=O) groups excluding carboxylic acids is 2. The smallest absolute Gasteiger partial charge is 0.331 e. The van der Waals surface area contributed by atoms with E-state index in [9.17, 15) is 14.0 Å². The SMILES string of the molecule is O=C(COC(=O)/C=C/c1ccc(F)cc1)N[C@@H]1CCCc2ccccc21. The summed E-state index contributed by atoms with van der Waals surface area (Å²) in [5, 5.41) is 2.93. The molecule has 0 fully saturated rings. The number of fused-ring (bicyclic) bond motifs is 1. The lowest BCUT2D eigenvalue weighted by Crippen LogP contribution is -2.34. The minimum atomic E-state index is -0.617.